The zero-order valence-corrected chi connectivity index (χ0v) is 18.8. The van der Waals surface area contributed by atoms with Crippen molar-refractivity contribution in [1.29, 1.82) is 0 Å². The molecule has 0 heterocycles. The molecule has 2 unspecified atom stereocenters. The Kier molecular flexibility index (Phi) is 9.42. The Balaban J connectivity index is 4.72. The summed E-state index contributed by atoms with van der Waals surface area (Å²) in [4.78, 5) is 0. The van der Waals surface area contributed by atoms with E-state index in [4.69, 9.17) is 0 Å². The Labute approximate surface area is 130 Å². The fourth-order valence-corrected chi connectivity index (χ4v) is 32.3. The summed E-state index contributed by atoms with van der Waals surface area (Å²) in [6, 6.07) is 2.88. The third-order valence-electron chi connectivity index (χ3n) is 3.62. The molecule has 0 saturated heterocycles. The molecule has 5 heteroatoms. The molecule has 0 spiro atoms. The average Bonchev–Trinajstić information content (AvgIpc) is 2.13. The molecule has 0 aromatic heterocycles. The predicted molar refractivity (Wildman–Crippen MR) is 96.0 cm³/mol. The van der Waals surface area contributed by atoms with Crippen LogP contribution in [0.25, 0.3) is 0 Å². The first kappa shape index (κ1) is 19.9. The van der Waals surface area contributed by atoms with Crippen molar-refractivity contribution in [2.24, 2.45) is 0 Å². The molecule has 0 aliphatic heterocycles. The number of hydrogen-bond donors (Lipinski definition) is 0. The van der Waals surface area contributed by atoms with Crippen LogP contribution in [0.2, 0.25) is 13.1 Å². The summed E-state index contributed by atoms with van der Waals surface area (Å²) >= 11 is 0.892. The Hall–Kier alpha value is 0.873. The first-order valence-corrected chi connectivity index (χ1v) is 18.0. The molecule has 0 saturated carbocycles. The van der Waals surface area contributed by atoms with E-state index in [1.54, 1.807) is 0 Å². The monoisotopic (exact) mass is 368 g/mol. The standard InChI is InChI=1S/C14H36N2SeSi2/c1-11(2)15(12(3)4)18(9)17-19(10)16(13(5)6)14(7)8/h11-14,18-19H,1-10H3. The Morgan fingerprint density at radius 1 is 0.579 bits per heavy atom. The summed E-state index contributed by atoms with van der Waals surface area (Å²) in [7, 11) is -1.43. The van der Waals surface area contributed by atoms with Crippen molar-refractivity contribution in [3.8, 4) is 0 Å². The van der Waals surface area contributed by atoms with E-state index in [1.165, 1.54) is 0 Å². The molecule has 116 valence electrons. The van der Waals surface area contributed by atoms with Crippen LogP contribution in [-0.2, 0) is 0 Å². The maximum absolute atomic E-state index is 2.84. The van der Waals surface area contributed by atoms with Crippen molar-refractivity contribution in [3.63, 3.8) is 0 Å². The van der Waals surface area contributed by atoms with Crippen LogP contribution in [0, 0.1) is 0 Å². The molecule has 2 nitrogen and oxygen atoms in total. The van der Waals surface area contributed by atoms with Crippen LogP contribution in [-0.4, -0.2) is 62.1 Å². The summed E-state index contributed by atoms with van der Waals surface area (Å²) in [5, 5.41) is 0. The second-order valence-electron chi connectivity index (χ2n) is 6.60. The average molecular weight is 368 g/mol. The molecule has 0 amide bonds. The molecule has 0 N–H and O–H groups in total. The van der Waals surface area contributed by atoms with E-state index in [0.29, 0.717) is 0 Å². The van der Waals surface area contributed by atoms with Crippen LogP contribution in [0.15, 0.2) is 0 Å². The van der Waals surface area contributed by atoms with E-state index < -0.39 is 15.1 Å². The summed E-state index contributed by atoms with van der Waals surface area (Å²) in [5.41, 5.74) is 0. The van der Waals surface area contributed by atoms with Crippen molar-refractivity contribution in [2.75, 3.05) is 0 Å². The normalized spacial score (nSPS) is 16.4. The Bertz CT molecular complexity index is 208. The molecule has 0 radical (unpaired) electrons. The second-order valence-corrected chi connectivity index (χ2v) is 25.0. The van der Waals surface area contributed by atoms with Gasteiger partial charge < -0.3 is 0 Å². The third kappa shape index (κ3) is 6.45. The molecule has 0 aliphatic rings. The van der Waals surface area contributed by atoms with E-state index >= 15 is 0 Å². The van der Waals surface area contributed by atoms with E-state index in [-0.39, 0.29) is 0 Å². The van der Waals surface area contributed by atoms with Gasteiger partial charge in [-0.15, -0.1) is 0 Å². The van der Waals surface area contributed by atoms with Crippen molar-refractivity contribution >= 4 is 28.8 Å². The zero-order valence-electron chi connectivity index (χ0n) is 14.8. The molecule has 19 heavy (non-hydrogen) atoms. The first-order chi connectivity index (χ1) is 8.59. The van der Waals surface area contributed by atoms with Gasteiger partial charge >= 0.3 is 131 Å². The SMILES string of the molecule is CC(C)N(C(C)C)[SiH](C)[Se][SiH](C)N(C(C)C)C(C)C. The quantitative estimate of drug-likeness (QED) is 0.609. The van der Waals surface area contributed by atoms with E-state index in [0.717, 1.165) is 37.8 Å². The molecule has 0 aromatic rings. The van der Waals surface area contributed by atoms with Gasteiger partial charge in [0.2, 0.25) is 0 Å². The molecule has 0 fully saturated rings. The van der Waals surface area contributed by atoms with Crippen LogP contribution in [0.3, 0.4) is 0 Å². The van der Waals surface area contributed by atoms with Gasteiger partial charge in [0.25, 0.3) is 0 Å². The Morgan fingerprint density at radius 2 is 0.789 bits per heavy atom. The summed E-state index contributed by atoms with van der Waals surface area (Å²) < 4.78 is 5.67. The molecule has 0 bridgehead atoms. The van der Waals surface area contributed by atoms with Gasteiger partial charge in [-0.3, -0.25) is 0 Å². The van der Waals surface area contributed by atoms with Gasteiger partial charge in [-0.1, -0.05) is 0 Å². The predicted octanol–water partition coefficient (Wildman–Crippen LogP) is 2.63. The van der Waals surface area contributed by atoms with E-state index in [1.807, 2.05) is 0 Å². The fourth-order valence-electron chi connectivity index (χ4n) is 3.30. The first-order valence-electron chi connectivity index (χ1n) is 7.79. The number of nitrogens with zero attached hydrogens (tertiary/aromatic N) is 2. The van der Waals surface area contributed by atoms with Crippen LogP contribution in [0.4, 0.5) is 0 Å². The van der Waals surface area contributed by atoms with Gasteiger partial charge in [0, 0.05) is 0 Å². The van der Waals surface area contributed by atoms with Crippen LogP contribution in [0.5, 0.6) is 0 Å². The van der Waals surface area contributed by atoms with Gasteiger partial charge in [-0.2, -0.15) is 0 Å². The van der Waals surface area contributed by atoms with E-state index in [2.05, 4.69) is 77.6 Å². The van der Waals surface area contributed by atoms with E-state index in [9.17, 15) is 0 Å². The molecule has 0 aromatic carbocycles. The van der Waals surface area contributed by atoms with Crippen LogP contribution in [0.1, 0.15) is 55.4 Å². The second kappa shape index (κ2) is 9.01. The maximum atomic E-state index is 2.84. The number of rotatable bonds is 8. The van der Waals surface area contributed by atoms with Crippen molar-refractivity contribution < 1.29 is 0 Å². The number of hydrogen-bond acceptors (Lipinski definition) is 2. The molecular formula is C14H36N2SeSi2. The van der Waals surface area contributed by atoms with Gasteiger partial charge in [0.05, 0.1) is 0 Å². The summed E-state index contributed by atoms with van der Waals surface area (Å²) in [6.45, 7) is 24.1. The van der Waals surface area contributed by atoms with Crippen molar-refractivity contribution in [2.45, 2.75) is 92.7 Å². The van der Waals surface area contributed by atoms with Crippen LogP contribution < -0.4 is 0 Å². The fraction of sp³-hybridized carbons (Fsp3) is 1.00. The minimum atomic E-state index is -0.713. The topological polar surface area (TPSA) is 6.48 Å². The van der Waals surface area contributed by atoms with Gasteiger partial charge in [-0.05, 0) is 0 Å². The van der Waals surface area contributed by atoms with Crippen molar-refractivity contribution in [1.82, 2.24) is 9.13 Å². The minimum absolute atomic E-state index is 0.713. The van der Waals surface area contributed by atoms with Gasteiger partial charge in [0.15, 0.2) is 0 Å². The molecule has 2 atom stereocenters. The molecule has 0 rings (SSSR count). The summed E-state index contributed by atoms with van der Waals surface area (Å²) in [6.07, 6.45) is 0. The van der Waals surface area contributed by atoms with Crippen molar-refractivity contribution in [3.05, 3.63) is 0 Å². The third-order valence-corrected chi connectivity index (χ3v) is 28.8. The van der Waals surface area contributed by atoms with Gasteiger partial charge in [-0.25, -0.2) is 0 Å². The molecule has 0 aliphatic carbocycles. The zero-order chi connectivity index (χ0) is 15.3. The summed E-state index contributed by atoms with van der Waals surface area (Å²) in [5.74, 6) is 0. The van der Waals surface area contributed by atoms with Gasteiger partial charge in [0.1, 0.15) is 0 Å². The Morgan fingerprint density at radius 3 is 0.947 bits per heavy atom. The van der Waals surface area contributed by atoms with Crippen LogP contribution >= 0.6 is 0 Å². The molecular weight excluding hydrogens is 331 g/mol.